The van der Waals surface area contributed by atoms with Gasteiger partial charge in [-0.15, -0.1) is 0 Å². The minimum atomic E-state index is -0.150. The van der Waals surface area contributed by atoms with Crippen LogP contribution >= 0.6 is 11.6 Å². The molecule has 0 aliphatic heterocycles. The quantitative estimate of drug-likeness (QED) is 0.791. The molecule has 0 fully saturated rings. The molecule has 0 saturated heterocycles. The molecule has 0 radical (unpaired) electrons. The van der Waals surface area contributed by atoms with Gasteiger partial charge in [-0.3, -0.25) is 4.79 Å². The lowest BCUT2D eigenvalue weighted by Gasteiger charge is -2.05. The molecule has 6 heteroatoms. The summed E-state index contributed by atoms with van der Waals surface area (Å²) in [6.45, 7) is 4.49. The lowest BCUT2D eigenvalue weighted by atomic mass is 10.2. The molecule has 2 N–H and O–H groups in total. The predicted octanol–water partition coefficient (Wildman–Crippen LogP) is 1.70. The normalized spacial score (nSPS) is 11.1. The molecule has 2 rings (SSSR count). The molecular formula is C13H16ClN3O2. The van der Waals surface area contributed by atoms with Gasteiger partial charge in [0, 0.05) is 18.2 Å². The summed E-state index contributed by atoms with van der Waals surface area (Å²) in [6, 6.07) is 5.05. The fourth-order valence-electron chi connectivity index (χ4n) is 1.74. The van der Waals surface area contributed by atoms with E-state index in [1.807, 2.05) is 6.92 Å². The maximum Gasteiger partial charge on any atom is 0.258 e. The molecule has 1 aromatic carbocycles. The van der Waals surface area contributed by atoms with Crippen LogP contribution in [0.4, 0.5) is 0 Å². The number of hydrogen-bond acceptors (Lipinski definition) is 4. The summed E-state index contributed by atoms with van der Waals surface area (Å²) in [5.41, 5.74) is 0.459. The van der Waals surface area contributed by atoms with E-state index >= 15 is 0 Å². The number of hydrogen-bond donors (Lipinski definition) is 2. The highest BCUT2D eigenvalue weighted by atomic mass is 35.5. The second-order valence-corrected chi connectivity index (χ2v) is 4.48. The second-order valence-electron chi connectivity index (χ2n) is 4.05. The SMILES string of the molecule is CCOCCNCc1nc2cc(Cl)ccc2c(=O)[nH]1. The van der Waals surface area contributed by atoms with Crippen molar-refractivity contribution in [2.45, 2.75) is 13.5 Å². The van der Waals surface area contributed by atoms with Crippen LogP contribution in [-0.4, -0.2) is 29.7 Å². The topological polar surface area (TPSA) is 67.0 Å². The van der Waals surface area contributed by atoms with Crippen molar-refractivity contribution in [3.05, 3.63) is 39.4 Å². The Morgan fingerprint density at radius 3 is 3.11 bits per heavy atom. The molecule has 1 heterocycles. The third kappa shape index (κ3) is 3.76. The van der Waals surface area contributed by atoms with Gasteiger partial charge >= 0.3 is 0 Å². The Morgan fingerprint density at radius 1 is 1.47 bits per heavy atom. The van der Waals surface area contributed by atoms with Crippen LogP contribution < -0.4 is 10.9 Å². The van der Waals surface area contributed by atoms with Crippen LogP contribution in [0.15, 0.2) is 23.0 Å². The second kappa shape index (κ2) is 6.65. The number of rotatable bonds is 6. The average Bonchev–Trinajstić information content (AvgIpc) is 2.38. The van der Waals surface area contributed by atoms with E-state index in [0.717, 1.165) is 0 Å². The van der Waals surface area contributed by atoms with E-state index < -0.39 is 0 Å². The first-order chi connectivity index (χ1) is 9.20. The summed E-state index contributed by atoms with van der Waals surface area (Å²) in [4.78, 5) is 19.0. The monoisotopic (exact) mass is 281 g/mol. The summed E-state index contributed by atoms with van der Waals surface area (Å²) in [6.07, 6.45) is 0. The zero-order valence-electron chi connectivity index (χ0n) is 10.7. The lowest BCUT2D eigenvalue weighted by molar-refractivity contribution is 0.149. The maximum atomic E-state index is 11.9. The summed E-state index contributed by atoms with van der Waals surface area (Å²) < 4.78 is 5.21. The Kier molecular flexibility index (Phi) is 4.90. The van der Waals surface area contributed by atoms with E-state index in [1.165, 1.54) is 0 Å². The summed E-state index contributed by atoms with van der Waals surface area (Å²) in [5.74, 6) is 0.594. The molecule has 0 aliphatic rings. The van der Waals surface area contributed by atoms with Gasteiger partial charge in [-0.25, -0.2) is 4.98 Å². The third-order valence-corrected chi connectivity index (χ3v) is 2.87. The number of benzene rings is 1. The van der Waals surface area contributed by atoms with Crippen molar-refractivity contribution in [3.8, 4) is 0 Å². The van der Waals surface area contributed by atoms with Crippen molar-refractivity contribution in [1.82, 2.24) is 15.3 Å². The van der Waals surface area contributed by atoms with Crippen LogP contribution in [0.5, 0.6) is 0 Å². The smallest absolute Gasteiger partial charge is 0.258 e. The van der Waals surface area contributed by atoms with Gasteiger partial charge in [-0.1, -0.05) is 11.6 Å². The minimum absolute atomic E-state index is 0.150. The zero-order valence-corrected chi connectivity index (χ0v) is 11.5. The van der Waals surface area contributed by atoms with Gasteiger partial charge in [0.05, 0.1) is 24.1 Å². The first-order valence-electron chi connectivity index (χ1n) is 6.17. The standard InChI is InChI=1S/C13H16ClN3O2/c1-2-19-6-5-15-8-12-16-11-7-9(14)3-4-10(11)13(18)17-12/h3-4,7,15H,2,5-6,8H2,1H3,(H,16,17,18). The van der Waals surface area contributed by atoms with Crippen molar-refractivity contribution >= 4 is 22.5 Å². The number of nitrogens with one attached hydrogen (secondary N) is 2. The molecule has 19 heavy (non-hydrogen) atoms. The summed E-state index contributed by atoms with van der Waals surface area (Å²) >= 11 is 5.90. The van der Waals surface area contributed by atoms with Crippen LogP contribution in [0.25, 0.3) is 10.9 Å². The number of halogens is 1. The number of aromatic amines is 1. The molecule has 0 unspecified atom stereocenters. The molecule has 0 saturated carbocycles. The molecule has 1 aromatic heterocycles. The Bertz CT molecular complexity index is 612. The first kappa shape index (κ1) is 14.0. The molecule has 102 valence electrons. The van der Waals surface area contributed by atoms with Crippen molar-refractivity contribution < 1.29 is 4.74 Å². The largest absolute Gasteiger partial charge is 0.380 e. The molecule has 0 bridgehead atoms. The maximum absolute atomic E-state index is 11.9. The van der Waals surface area contributed by atoms with E-state index in [-0.39, 0.29) is 5.56 Å². The van der Waals surface area contributed by atoms with Crippen molar-refractivity contribution in [1.29, 1.82) is 0 Å². The molecule has 0 amide bonds. The number of H-pyrrole nitrogens is 1. The van der Waals surface area contributed by atoms with E-state index in [0.29, 0.717) is 48.1 Å². The van der Waals surface area contributed by atoms with E-state index in [9.17, 15) is 4.79 Å². The molecular weight excluding hydrogens is 266 g/mol. The first-order valence-corrected chi connectivity index (χ1v) is 6.55. The zero-order chi connectivity index (χ0) is 13.7. The fraction of sp³-hybridized carbons (Fsp3) is 0.385. The van der Waals surface area contributed by atoms with Gasteiger partial charge in [-0.05, 0) is 25.1 Å². The van der Waals surface area contributed by atoms with Crippen LogP contribution in [-0.2, 0) is 11.3 Å². The minimum Gasteiger partial charge on any atom is -0.380 e. The highest BCUT2D eigenvalue weighted by Gasteiger charge is 2.04. The van der Waals surface area contributed by atoms with Gasteiger partial charge in [0.15, 0.2) is 0 Å². The lowest BCUT2D eigenvalue weighted by Crippen LogP contribution is -2.22. The molecule has 0 spiro atoms. The molecule has 2 aromatic rings. The van der Waals surface area contributed by atoms with Crippen LogP contribution in [0.3, 0.4) is 0 Å². The summed E-state index contributed by atoms with van der Waals surface area (Å²) in [5, 5.41) is 4.27. The summed E-state index contributed by atoms with van der Waals surface area (Å²) in [7, 11) is 0. The van der Waals surface area contributed by atoms with E-state index in [4.69, 9.17) is 16.3 Å². The van der Waals surface area contributed by atoms with Gasteiger partial charge in [0.1, 0.15) is 5.82 Å². The Hall–Kier alpha value is -1.43. The Balaban J connectivity index is 2.09. The van der Waals surface area contributed by atoms with Crippen molar-refractivity contribution in [3.63, 3.8) is 0 Å². The van der Waals surface area contributed by atoms with Gasteiger partial charge in [0.25, 0.3) is 5.56 Å². The Labute approximate surface area is 116 Å². The number of aromatic nitrogens is 2. The average molecular weight is 282 g/mol. The van der Waals surface area contributed by atoms with E-state index in [2.05, 4.69) is 15.3 Å². The highest BCUT2D eigenvalue weighted by molar-refractivity contribution is 6.31. The van der Waals surface area contributed by atoms with Gasteiger partial charge < -0.3 is 15.0 Å². The number of ether oxygens (including phenoxy) is 1. The Morgan fingerprint density at radius 2 is 2.32 bits per heavy atom. The third-order valence-electron chi connectivity index (χ3n) is 2.64. The molecule has 0 aliphatic carbocycles. The van der Waals surface area contributed by atoms with Crippen molar-refractivity contribution in [2.75, 3.05) is 19.8 Å². The van der Waals surface area contributed by atoms with Crippen molar-refractivity contribution in [2.24, 2.45) is 0 Å². The number of fused-ring (bicyclic) bond motifs is 1. The van der Waals surface area contributed by atoms with Crippen LogP contribution in [0.1, 0.15) is 12.7 Å². The number of nitrogens with zero attached hydrogens (tertiary/aromatic N) is 1. The predicted molar refractivity (Wildman–Crippen MR) is 75.6 cm³/mol. The van der Waals surface area contributed by atoms with E-state index in [1.54, 1.807) is 18.2 Å². The van der Waals surface area contributed by atoms with Crippen LogP contribution in [0.2, 0.25) is 5.02 Å². The molecule has 5 nitrogen and oxygen atoms in total. The molecule has 0 atom stereocenters. The van der Waals surface area contributed by atoms with Gasteiger partial charge in [-0.2, -0.15) is 0 Å². The van der Waals surface area contributed by atoms with Gasteiger partial charge in [0.2, 0.25) is 0 Å². The highest BCUT2D eigenvalue weighted by Crippen LogP contribution is 2.14. The fourth-order valence-corrected chi connectivity index (χ4v) is 1.91. The van der Waals surface area contributed by atoms with Crippen LogP contribution in [0, 0.1) is 0 Å².